The van der Waals surface area contributed by atoms with Crippen molar-refractivity contribution in [3.8, 4) is 5.75 Å². The van der Waals surface area contributed by atoms with Crippen molar-refractivity contribution in [1.29, 1.82) is 0 Å². The Hall–Kier alpha value is -1.80. The molecule has 2 rings (SSSR count). The molecule has 0 spiro atoms. The first kappa shape index (κ1) is 19.5. The van der Waals surface area contributed by atoms with E-state index in [0.29, 0.717) is 5.75 Å². The van der Waals surface area contributed by atoms with Crippen LogP contribution >= 0.6 is 27.7 Å². The molecule has 0 aliphatic carbocycles. The molecule has 1 N–H and O–H groups in total. The Balaban J connectivity index is 2.13. The monoisotopic (exact) mass is 425 g/mol. The third kappa shape index (κ3) is 5.61. The Kier molecular flexibility index (Phi) is 6.66. The fourth-order valence-electron chi connectivity index (χ4n) is 2.08. The summed E-state index contributed by atoms with van der Waals surface area (Å²) in [6.45, 7) is 3.65. The maximum atomic E-state index is 12.5. The summed E-state index contributed by atoms with van der Waals surface area (Å²) in [5.41, 5.74) is -0.479. The highest BCUT2D eigenvalue weighted by atomic mass is 79.9. The molecule has 0 radical (unpaired) electrons. The third-order valence-electron chi connectivity index (χ3n) is 3.22. The van der Waals surface area contributed by atoms with Crippen LogP contribution in [-0.2, 0) is 9.63 Å². The fraction of sp³-hybridized carbons (Fsp3) is 0.353. The number of nitrogens with one attached hydrogen (secondary N) is 1. The molecule has 6 nitrogen and oxygen atoms in total. The van der Waals surface area contributed by atoms with Gasteiger partial charge >= 0.3 is 0 Å². The van der Waals surface area contributed by atoms with Crippen molar-refractivity contribution < 1.29 is 14.4 Å². The minimum absolute atomic E-state index is 0.243. The molecule has 2 aromatic rings. The fourth-order valence-corrected chi connectivity index (χ4v) is 2.91. The van der Waals surface area contributed by atoms with Crippen LogP contribution < -0.4 is 10.1 Å². The lowest BCUT2D eigenvalue weighted by Gasteiger charge is -2.24. The average Bonchev–Trinajstić information content (AvgIpc) is 2.57. The van der Waals surface area contributed by atoms with Gasteiger partial charge in [0.05, 0.1) is 17.3 Å². The summed E-state index contributed by atoms with van der Waals surface area (Å²) in [5, 5.41) is 7.51. The molecule has 1 unspecified atom stereocenters. The van der Waals surface area contributed by atoms with Crippen LogP contribution in [0.3, 0.4) is 0 Å². The van der Waals surface area contributed by atoms with E-state index in [0.717, 1.165) is 15.4 Å². The van der Waals surface area contributed by atoms with Crippen molar-refractivity contribution in [2.45, 2.75) is 24.8 Å². The number of benzene rings is 1. The number of pyridine rings is 1. The number of carbonyl (C=O) groups excluding carboxylic acids is 1. The highest BCUT2D eigenvalue weighted by Gasteiger charge is 2.26. The molecule has 134 valence electrons. The van der Waals surface area contributed by atoms with Crippen LogP contribution in [0.15, 0.2) is 40.1 Å². The molecule has 8 heteroatoms. The number of nitrogens with zero attached hydrogens (tertiary/aromatic N) is 2. The predicted molar refractivity (Wildman–Crippen MR) is 105 cm³/mol. The number of ether oxygens (including phenoxy) is 1. The zero-order valence-corrected chi connectivity index (χ0v) is 16.8. The lowest BCUT2D eigenvalue weighted by atomic mass is 10.1. The molecule has 0 fully saturated rings. The van der Waals surface area contributed by atoms with Crippen LogP contribution in [0.4, 0.5) is 0 Å². The number of rotatable bonds is 7. The van der Waals surface area contributed by atoms with Gasteiger partial charge < -0.3 is 14.9 Å². The summed E-state index contributed by atoms with van der Waals surface area (Å²) in [5.74, 6) is 0.359. The minimum Gasteiger partial charge on any atom is -0.470 e. The Morgan fingerprint density at radius 1 is 1.44 bits per heavy atom. The van der Waals surface area contributed by atoms with Gasteiger partial charge in [0.15, 0.2) is 0 Å². The first-order valence-electron chi connectivity index (χ1n) is 7.49. The highest BCUT2D eigenvalue weighted by molar-refractivity contribution is 9.10. The van der Waals surface area contributed by atoms with E-state index in [9.17, 15) is 4.79 Å². The first-order valence-corrected chi connectivity index (χ1v) is 9.57. The number of thioether (sulfide) groups is 1. The molecular formula is C17H20BrN3O3S. The Morgan fingerprint density at radius 3 is 2.88 bits per heavy atom. The molecule has 0 aliphatic rings. The van der Waals surface area contributed by atoms with Crippen molar-refractivity contribution >= 4 is 50.7 Å². The van der Waals surface area contributed by atoms with Crippen LogP contribution in [0.2, 0.25) is 0 Å². The van der Waals surface area contributed by atoms with Gasteiger partial charge in [0.1, 0.15) is 12.9 Å². The van der Waals surface area contributed by atoms with Gasteiger partial charge in [0, 0.05) is 16.1 Å². The summed E-state index contributed by atoms with van der Waals surface area (Å²) in [7, 11) is 1.45. The predicted octanol–water partition coefficient (Wildman–Crippen LogP) is 3.59. The summed E-state index contributed by atoms with van der Waals surface area (Å²) >= 11 is 4.72. The van der Waals surface area contributed by atoms with Crippen LogP contribution in [-0.4, -0.2) is 41.4 Å². The van der Waals surface area contributed by atoms with Crippen molar-refractivity contribution in [3.63, 3.8) is 0 Å². The zero-order chi connectivity index (χ0) is 18.4. The summed E-state index contributed by atoms with van der Waals surface area (Å²) < 4.78 is 6.74. The molecular weight excluding hydrogens is 406 g/mol. The van der Waals surface area contributed by atoms with E-state index in [-0.39, 0.29) is 5.91 Å². The lowest BCUT2D eigenvalue weighted by molar-refractivity contribution is -0.125. The van der Waals surface area contributed by atoms with Crippen LogP contribution in [0.5, 0.6) is 5.75 Å². The third-order valence-corrected chi connectivity index (χ3v) is 4.39. The van der Waals surface area contributed by atoms with Gasteiger partial charge in [-0.05, 0) is 60.3 Å². The van der Waals surface area contributed by atoms with E-state index in [1.807, 2.05) is 38.3 Å². The number of halogens is 1. The molecule has 1 aromatic carbocycles. The maximum Gasteiger partial charge on any atom is 0.272 e. The Labute approximate surface area is 159 Å². The number of carbonyl (C=O) groups is 1. The van der Waals surface area contributed by atoms with Crippen molar-refractivity contribution in [2.75, 3.05) is 13.4 Å². The SMILES string of the molecule is CON=CC(C)(C)NC(=O)C(Oc1ccc2ncc(Br)cc2c1)SC. The van der Waals surface area contributed by atoms with E-state index in [1.165, 1.54) is 25.1 Å². The lowest BCUT2D eigenvalue weighted by Crippen LogP contribution is -2.49. The number of hydrogen-bond donors (Lipinski definition) is 1. The Bertz CT molecular complexity index is 783. The molecule has 0 aliphatic heterocycles. The van der Waals surface area contributed by atoms with Crippen LogP contribution in [0.25, 0.3) is 10.9 Å². The second-order valence-corrected chi connectivity index (χ2v) is 7.64. The van der Waals surface area contributed by atoms with Gasteiger partial charge in [0.25, 0.3) is 5.91 Å². The van der Waals surface area contributed by atoms with E-state index >= 15 is 0 Å². The van der Waals surface area contributed by atoms with Crippen molar-refractivity contribution in [2.24, 2.45) is 5.16 Å². The van der Waals surface area contributed by atoms with Gasteiger partial charge in [0.2, 0.25) is 5.44 Å². The van der Waals surface area contributed by atoms with E-state index in [4.69, 9.17) is 4.74 Å². The molecule has 0 bridgehead atoms. The molecule has 25 heavy (non-hydrogen) atoms. The van der Waals surface area contributed by atoms with Gasteiger partial charge in [-0.1, -0.05) is 5.16 Å². The van der Waals surface area contributed by atoms with Crippen molar-refractivity contribution in [1.82, 2.24) is 10.3 Å². The van der Waals surface area contributed by atoms with Gasteiger partial charge in [-0.15, -0.1) is 11.8 Å². The highest BCUT2D eigenvalue weighted by Crippen LogP contribution is 2.24. The van der Waals surface area contributed by atoms with Gasteiger partial charge in [-0.25, -0.2) is 0 Å². The molecule has 1 amide bonds. The average molecular weight is 426 g/mol. The molecule has 1 heterocycles. The topological polar surface area (TPSA) is 72.8 Å². The molecule has 1 aromatic heterocycles. The van der Waals surface area contributed by atoms with Crippen molar-refractivity contribution in [3.05, 3.63) is 34.9 Å². The van der Waals surface area contributed by atoms with E-state index in [1.54, 1.807) is 12.3 Å². The largest absolute Gasteiger partial charge is 0.470 e. The zero-order valence-electron chi connectivity index (χ0n) is 14.4. The summed E-state index contributed by atoms with van der Waals surface area (Å²) in [6.07, 6.45) is 5.09. The normalized spacial score (nSPS) is 13.0. The number of fused-ring (bicyclic) bond motifs is 1. The van der Waals surface area contributed by atoms with E-state index < -0.39 is 11.0 Å². The number of oxime groups is 1. The van der Waals surface area contributed by atoms with E-state index in [2.05, 4.69) is 36.2 Å². The standard InChI is InChI=1S/C17H20BrN3O3S/c1-17(2,10-20-23-3)21-15(22)16(25-4)24-13-5-6-14-11(8-13)7-12(18)9-19-14/h5-10,16H,1-4H3,(H,21,22). The summed E-state index contributed by atoms with van der Waals surface area (Å²) in [4.78, 5) is 21.5. The number of aromatic nitrogens is 1. The molecule has 0 saturated heterocycles. The quantitative estimate of drug-likeness (QED) is 0.416. The van der Waals surface area contributed by atoms with Gasteiger partial charge in [-0.3, -0.25) is 9.78 Å². The number of amides is 1. The van der Waals surface area contributed by atoms with Crippen LogP contribution in [0.1, 0.15) is 13.8 Å². The second-order valence-electron chi connectivity index (χ2n) is 5.82. The Morgan fingerprint density at radius 2 is 2.20 bits per heavy atom. The molecule has 0 saturated carbocycles. The molecule has 1 atom stereocenters. The first-order chi connectivity index (χ1) is 11.8. The smallest absolute Gasteiger partial charge is 0.272 e. The second kappa shape index (κ2) is 8.53. The van der Waals surface area contributed by atoms with Gasteiger partial charge in [-0.2, -0.15) is 0 Å². The minimum atomic E-state index is -0.687. The summed E-state index contributed by atoms with van der Waals surface area (Å²) in [6, 6.07) is 7.48. The number of hydrogen-bond acceptors (Lipinski definition) is 6. The van der Waals surface area contributed by atoms with Crippen LogP contribution in [0, 0.1) is 0 Å². The maximum absolute atomic E-state index is 12.5.